The number of aliphatic hydroxyl groups is 1. The zero-order chi connectivity index (χ0) is 21.1. The van der Waals surface area contributed by atoms with Crippen LogP contribution in [0.2, 0.25) is 5.02 Å². The minimum absolute atomic E-state index is 0.0993. The molecule has 1 aromatic carbocycles. The van der Waals surface area contributed by atoms with Crippen LogP contribution in [0.25, 0.3) is 11.0 Å². The number of pyridine rings is 1. The molecule has 1 aliphatic rings. The SMILES string of the molecule is Cc1cc(SNCCO)ccc1Nc1ncc2cc(Cl)c(=O)n(C3CCCC3)c2n1. The number of benzene rings is 1. The van der Waals surface area contributed by atoms with Crippen LogP contribution in [0.15, 0.2) is 40.2 Å². The van der Waals surface area contributed by atoms with Crippen LogP contribution in [0.3, 0.4) is 0 Å². The summed E-state index contributed by atoms with van der Waals surface area (Å²) in [7, 11) is 0. The molecule has 0 aliphatic heterocycles. The van der Waals surface area contributed by atoms with E-state index in [-0.39, 0.29) is 23.2 Å². The average molecular weight is 446 g/mol. The summed E-state index contributed by atoms with van der Waals surface area (Å²) in [4.78, 5) is 22.9. The van der Waals surface area contributed by atoms with Gasteiger partial charge in [0.25, 0.3) is 5.56 Å². The third-order valence-corrected chi connectivity index (χ3v) is 6.38. The van der Waals surface area contributed by atoms with Gasteiger partial charge in [0.15, 0.2) is 0 Å². The first-order valence-corrected chi connectivity index (χ1v) is 11.2. The normalized spacial score (nSPS) is 14.5. The Labute approximate surface area is 184 Å². The highest BCUT2D eigenvalue weighted by atomic mass is 35.5. The van der Waals surface area contributed by atoms with Gasteiger partial charge in [0, 0.05) is 34.8 Å². The van der Waals surface area contributed by atoms with E-state index < -0.39 is 0 Å². The van der Waals surface area contributed by atoms with E-state index in [0.29, 0.717) is 18.1 Å². The topological polar surface area (TPSA) is 92.1 Å². The van der Waals surface area contributed by atoms with Crippen molar-refractivity contribution in [2.24, 2.45) is 0 Å². The quantitative estimate of drug-likeness (QED) is 0.370. The van der Waals surface area contributed by atoms with E-state index in [0.717, 1.165) is 47.2 Å². The molecule has 7 nitrogen and oxygen atoms in total. The fourth-order valence-electron chi connectivity index (χ4n) is 3.79. The van der Waals surface area contributed by atoms with Crippen LogP contribution in [-0.2, 0) is 0 Å². The van der Waals surface area contributed by atoms with Gasteiger partial charge < -0.3 is 10.4 Å². The molecule has 0 saturated heterocycles. The lowest BCUT2D eigenvalue weighted by atomic mass is 10.2. The number of rotatable bonds is 7. The zero-order valence-corrected chi connectivity index (χ0v) is 18.3. The van der Waals surface area contributed by atoms with Crippen LogP contribution in [0.4, 0.5) is 11.6 Å². The van der Waals surface area contributed by atoms with Gasteiger partial charge in [0.05, 0.1) is 6.61 Å². The largest absolute Gasteiger partial charge is 0.395 e. The Morgan fingerprint density at radius 1 is 1.30 bits per heavy atom. The van der Waals surface area contributed by atoms with Crippen molar-refractivity contribution in [2.75, 3.05) is 18.5 Å². The maximum Gasteiger partial charge on any atom is 0.271 e. The Kier molecular flexibility index (Phi) is 6.58. The van der Waals surface area contributed by atoms with Gasteiger partial charge in [-0.25, -0.2) is 4.98 Å². The molecule has 1 saturated carbocycles. The van der Waals surface area contributed by atoms with Gasteiger partial charge >= 0.3 is 0 Å². The summed E-state index contributed by atoms with van der Waals surface area (Å²) in [5.41, 5.74) is 2.36. The molecular weight excluding hydrogens is 422 g/mol. The average Bonchev–Trinajstić information content (AvgIpc) is 3.26. The molecule has 4 rings (SSSR count). The minimum atomic E-state index is -0.186. The van der Waals surface area contributed by atoms with Crippen LogP contribution < -0.4 is 15.6 Å². The molecule has 0 bridgehead atoms. The molecule has 3 aromatic rings. The number of anilines is 2. The third-order valence-electron chi connectivity index (χ3n) is 5.27. The van der Waals surface area contributed by atoms with Gasteiger partial charge in [-0.1, -0.05) is 24.4 Å². The lowest BCUT2D eigenvalue weighted by molar-refractivity contribution is 0.302. The number of aromatic nitrogens is 3. The predicted molar refractivity (Wildman–Crippen MR) is 122 cm³/mol. The molecule has 1 fully saturated rings. The van der Waals surface area contributed by atoms with E-state index in [4.69, 9.17) is 16.7 Å². The maximum absolute atomic E-state index is 12.8. The number of aliphatic hydroxyl groups excluding tert-OH is 1. The monoisotopic (exact) mass is 445 g/mol. The second-order valence-corrected chi connectivity index (χ2v) is 8.77. The Bertz CT molecular complexity index is 1110. The van der Waals surface area contributed by atoms with E-state index in [1.807, 2.05) is 25.1 Å². The first-order chi connectivity index (χ1) is 14.6. The molecule has 0 amide bonds. The first-order valence-electron chi connectivity index (χ1n) is 10.0. The standard InChI is InChI=1S/C21H24ClN5O2S/c1-13-10-16(30-24-8-9-28)6-7-18(13)25-21-23-12-14-11-17(22)20(29)27(19(14)26-21)15-4-2-3-5-15/h6-7,10-12,15,24,28H,2-5,8-9H2,1H3,(H,23,25,26). The van der Waals surface area contributed by atoms with Crippen molar-refractivity contribution in [2.45, 2.75) is 43.5 Å². The number of fused-ring (bicyclic) bond motifs is 1. The van der Waals surface area contributed by atoms with Gasteiger partial charge in [-0.2, -0.15) is 4.98 Å². The van der Waals surface area contributed by atoms with Crippen molar-refractivity contribution in [3.8, 4) is 0 Å². The maximum atomic E-state index is 12.8. The Hall–Kier alpha value is -2.13. The van der Waals surface area contributed by atoms with E-state index in [1.165, 1.54) is 11.9 Å². The van der Waals surface area contributed by atoms with Crippen molar-refractivity contribution in [1.82, 2.24) is 19.3 Å². The number of nitrogens with zero attached hydrogens (tertiary/aromatic N) is 3. The Balaban J connectivity index is 1.64. The summed E-state index contributed by atoms with van der Waals surface area (Å²) in [5.74, 6) is 0.442. The second kappa shape index (κ2) is 9.34. The summed E-state index contributed by atoms with van der Waals surface area (Å²) in [5, 5.41) is 13.1. The number of hydrogen-bond acceptors (Lipinski definition) is 7. The van der Waals surface area contributed by atoms with E-state index in [2.05, 4.69) is 20.0 Å². The first kappa shape index (κ1) is 21.1. The third kappa shape index (κ3) is 4.46. The summed E-state index contributed by atoms with van der Waals surface area (Å²) in [6, 6.07) is 7.78. The highest BCUT2D eigenvalue weighted by molar-refractivity contribution is 7.97. The Morgan fingerprint density at radius 2 is 2.10 bits per heavy atom. The molecular formula is C21H24ClN5O2S. The molecule has 1 aliphatic carbocycles. The number of nitrogens with one attached hydrogen (secondary N) is 2. The molecule has 0 spiro atoms. The molecule has 30 heavy (non-hydrogen) atoms. The summed E-state index contributed by atoms with van der Waals surface area (Å²) < 4.78 is 4.84. The molecule has 0 radical (unpaired) electrons. The molecule has 9 heteroatoms. The van der Waals surface area contributed by atoms with E-state index >= 15 is 0 Å². The number of hydrogen-bond donors (Lipinski definition) is 3. The van der Waals surface area contributed by atoms with Gasteiger partial charge in [-0.05, 0) is 61.5 Å². The van der Waals surface area contributed by atoms with Crippen LogP contribution in [0, 0.1) is 6.92 Å². The Morgan fingerprint density at radius 3 is 2.83 bits per heavy atom. The summed E-state index contributed by atoms with van der Waals surface area (Å²) >= 11 is 7.67. The van der Waals surface area contributed by atoms with Crippen molar-refractivity contribution >= 4 is 46.2 Å². The lowest BCUT2D eigenvalue weighted by Crippen LogP contribution is -2.25. The van der Waals surface area contributed by atoms with Crippen LogP contribution >= 0.6 is 23.5 Å². The summed E-state index contributed by atoms with van der Waals surface area (Å²) in [6.07, 6.45) is 5.85. The molecule has 0 atom stereocenters. The van der Waals surface area contributed by atoms with E-state index in [9.17, 15) is 4.79 Å². The fourth-order valence-corrected chi connectivity index (χ4v) is 4.73. The van der Waals surface area contributed by atoms with Crippen LogP contribution in [-0.4, -0.2) is 32.8 Å². The minimum Gasteiger partial charge on any atom is -0.395 e. The van der Waals surface area contributed by atoms with Crippen molar-refractivity contribution < 1.29 is 5.11 Å². The second-order valence-electron chi connectivity index (χ2n) is 7.40. The van der Waals surface area contributed by atoms with Gasteiger partial charge in [-0.3, -0.25) is 14.1 Å². The van der Waals surface area contributed by atoms with Crippen LogP contribution in [0.5, 0.6) is 0 Å². The molecule has 0 unspecified atom stereocenters. The number of halogens is 1. The van der Waals surface area contributed by atoms with Crippen LogP contribution in [0.1, 0.15) is 37.3 Å². The van der Waals surface area contributed by atoms with E-state index in [1.54, 1.807) is 16.8 Å². The highest BCUT2D eigenvalue weighted by Gasteiger charge is 2.22. The van der Waals surface area contributed by atoms with Gasteiger partial charge in [0.2, 0.25) is 5.95 Å². The number of aryl methyl sites for hydroxylation is 1. The predicted octanol–water partition coefficient (Wildman–Crippen LogP) is 4.20. The fraction of sp³-hybridized carbons (Fsp3) is 0.381. The molecule has 158 valence electrons. The molecule has 3 N–H and O–H groups in total. The summed E-state index contributed by atoms with van der Waals surface area (Å²) in [6.45, 7) is 2.64. The molecule has 2 aromatic heterocycles. The van der Waals surface area contributed by atoms with Crippen molar-refractivity contribution in [3.63, 3.8) is 0 Å². The van der Waals surface area contributed by atoms with Crippen molar-refractivity contribution in [3.05, 3.63) is 51.4 Å². The van der Waals surface area contributed by atoms with Gasteiger partial charge in [-0.15, -0.1) is 0 Å². The highest BCUT2D eigenvalue weighted by Crippen LogP contribution is 2.31. The van der Waals surface area contributed by atoms with Crippen molar-refractivity contribution in [1.29, 1.82) is 0 Å². The zero-order valence-electron chi connectivity index (χ0n) is 16.7. The smallest absolute Gasteiger partial charge is 0.271 e. The lowest BCUT2D eigenvalue weighted by Gasteiger charge is -2.17. The van der Waals surface area contributed by atoms with Gasteiger partial charge in [0.1, 0.15) is 10.7 Å². The molecule has 2 heterocycles.